The molecule has 12 nitrogen and oxygen atoms in total. The van der Waals surface area contributed by atoms with Crippen molar-refractivity contribution in [3.63, 3.8) is 0 Å². The number of ether oxygens (including phenoxy) is 2. The van der Waals surface area contributed by atoms with Crippen molar-refractivity contribution in [2.75, 3.05) is 19.6 Å². The van der Waals surface area contributed by atoms with Gasteiger partial charge < -0.3 is 34.5 Å². The van der Waals surface area contributed by atoms with E-state index >= 15 is 0 Å². The maximum atomic E-state index is 13.6. The Morgan fingerprint density at radius 3 is 2.62 bits per heavy atom. The molecule has 0 aliphatic carbocycles. The summed E-state index contributed by atoms with van der Waals surface area (Å²) in [4.78, 5) is 56.4. The van der Waals surface area contributed by atoms with E-state index in [1.54, 1.807) is 34.6 Å². The molecule has 3 aliphatic heterocycles. The highest BCUT2D eigenvalue weighted by Crippen LogP contribution is 2.40. The van der Waals surface area contributed by atoms with Crippen LogP contribution in [0.4, 0.5) is 4.79 Å². The summed E-state index contributed by atoms with van der Waals surface area (Å²) >= 11 is 0. The second kappa shape index (κ2) is 12.2. The third-order valence-corrected chi connectivity index (χ3v) is 9.34. The second-order valence-electron chi connectivity index (χ2n) is 12.0. The van der Waals surface area contributed by atoms with Crippen LogP contribution in [-0.4, -0.2) is 68.4 Å². The largest absolute Gasteiger partial charge is 0.481 e. The Kier molecular flexibility index (Phi) is 8.36. The van der Waals surface area contributed by atoms with Gasteiger partial charge in [-0.1, -0.05) is 13.8 Å². The zero-order valence-electron chi connectivity index (χ0n) is 25.6. The number of carboxylic acids is 1. The van der Waals surface area contributed by atoms with Crippen LogP contribution in [0.5, 0.6) is 5.75 Å². The van der Waals surface area contributed by atoms with E-state index in [0.717, 1.165) is 42.3 Å². The van der Waals surface area contributed by atoms with E-state index in [1.165, 1.54) is 0 Å². The number of carboxylic acid groups (broad SMARTS) is 1. The number of amides is 1. The van der Waals surface area contributed by atoms with Gasteiger partial charge in [-0.2, -0.15) is 0 Å². The van der Waals surface area contributed by atoms with Crippen LogP contribution in [0.1, 0.15) is 74.6 Å². The van der Waals surface area contributed by atoms with E-state index in [1.807, 2.05) is 13.0 Å². The van der Waals surface area contributed by atoms with Gasteiger partial charge >= 0.3 is 18.0 Å². The van der Waals surface area contributed by atoms with Gasteiger partial charge in [0.15, 0.2) is 5.60 Å². The maximum absolute atomic E-state index is 13.6. The van der Waals surface area contributed by atoms with E-state index in [0.29, 0.717) is 55.1 Å². The van der Waals surface area contributed by atoms with Crippen molar-refractivity contribution < 1.29 is 34.1 Å². The number of hydrogen-bond acceptors (Lipinski definition) is 9. The van der Waals surface area contributed by atoms with Crippen molar-refractivity contribution in [3.8, 4) is 17.1 Å². The van der Waals surface area contributed by atoms with E-state index < -0.39 is 23.6 Å². The number of aliphatic hydroxyl groups is 1. The lowest BCUT2D eigenvalue weighted by atomic mass is 9.86. The van der Waals surface area contributed by atoms with Crippen LogP contribution in [0.2, 0.25) is 0 Å². The fraction of sp³-hybridized carbons (Fsp3) is 0.485. The molecule has 1 saturated heterocycles. The first-order valence-corrected chi connectivity index (χ1v) is 15.7. The summed E-state index contributed by atoms with van der Waals surface area (Å²) in [5, 5.41) is 24.2. The number of piperidine rings is 1. The molecule has 0 radical (unpaired) electrons. The molecule has 238 valence electrons. The minimum absolute atomic E-state index is 0.0759. The minimum Gasteiger partial charge on any atom is -0.481 e. The fourth-order valence-electron chi connectivity index (χ4n) is 6.75. The van der Waals surface area contributed by atoms with Crippen molar-refractivity contribution in [1.82, 2.24) is 19.8 Å². The number of esters is 1. The molecule has 2 aromatic heterocycles. The Morgan fingerprint density at radius 1 is 1.13 bits per heavy atom. The van der Waals surface area contributed by atoms with Gasteiger partial charge in [-0.05, 0) is 74.9 Å². The normalized spacial score (nSPS) is 19.2. The third-order valence-electron chi connectivity index (χ3n) is 9.34. The number of carbonyl (C=O) groups excluding carboxylic acids is 2. The number of aromatic nitrogens is 2. The number of unbranched alkanes of at least 4 members (excludes halogenated alkanes) is 1. The Balaban J connectivity index is 1.19. The number of cyclic esters (lactones) is 1. The number of nitrogens with zero attached hydrogens (tertiary/aromatic N) is 3. The number of hydrogen-bond donors (Lipinski definition) is 3. The standard InChI is InChI=1S/C33H38N4O8/c1-3-21-22-15-20(45-32(42)36-13-10-19(11-14-36)34-12-6-5-7-28(38)39)8-9-26(22)35-29-23(21)17-37-27(29)16-25-24(30(37)40)18-44-31(41)33(25,43)4-2/h8-9,15-16,19,34,43H,3-7,10-14,17-18H2,1-2H3,(H,38,39)/t33-/m1/s1. The van der Waals surface area contributed by atoms with Crippen molar-refractivity contribution in [1.29, 1.82) is 0 Å². The number of rotatable bonds is 9. The molecule has 1 fully saturated rings. The number of fused-ring (bicyclic) bond motifs is 5. The van der Waals surface area contributed by atoms with E-state index in [4.69, 9.17) is 19.6 Å². The molecule has 1 amide bonds. The number of benzene rings is 1. The SMILES string of the molecule is CCc1c2c(nc3ccc(OC(=O)N4CCC(NCCCCC(=O)O)CC4)cc13)-c1cc3c(c(=O)n1C2)COC(=O)[C@@]3(O)CC. The number of aliphatic carboxylic acids is 1. The minimum atomic E-state index is -1.89. The summed E-state index contributed by atoms with van der Waals surface area (Å²) in [6.45, 7) is 5.71. The molecule has 3 aromatic rings. The molecule has 6 rings (SSSR count). The Labute approximate surface area is 260 Å². The van der Waals surface area contributed by atoms with Crippen LogP contribution in [0, 0.1) is 0 Å². The van der Waals surface area contributed by atoms with Crippen molar-refractivity contribution in [3.05, 3.63) is 56.9 Å². The first-order chi connectivity index (χ1) is 21.6. The fourth-order valence-corrected chi connectivity index (χ4v) is 6.75. The molecule has 0 bridgehead atoms. The van der Waals surface area contributed by atoms with Gasteiger partial charge in [0.25, 0.3) is 5.56 Å². The van der Waals surface area contributed by atoms with Crippen LogP contribution in [-0.2, 0) is 39.5 Å². The summed E-state index contributed by atoms with van der Waals surface area (Å²) < 4.78 is 12.6. The number of carbonyl (C=O) groups is 3. The highest BCUT2D eigenvalue weighted by Gasteiger charge is 2.45. The summed E-state index contributed by atoms with van der Waals surface area (Å²) in [6, 6.07) is 7.33. The van der Waals surface area contributed by atoms with Crippen LogP contribution in [0.25, 0.3) is 22.3 Å². The molecule has 5 heterocycles. The predicted molar refractivity (Wildman–Crippen MR) is 164 cm³/mol. The zero-order chi connectivity index (χ0) is 31.9. The van der Waals surface area contributed by atoms with Crippen LogP contribution >= 0.6 is 0 Å². The summed E-state index contributed by atoms with van der Waals surface area (Å²) in [6.07, 6.45) is 3.53. The third kappa shape index (κ3) is 5.57. The van der Waals surface area contributed by atoms with Crippen LogP contribution in [0.15, 0.2) is 29.1 Å². The molecule has 45 heavy (non-hydrogen) atoms. The maximum Gasteiger partial charge on any atom is 0.415 e. The molecule has 0 saturated carbocycles. The quantitative estimate of drug-likeness (QED) is 0.187. The topological polar surface area (TPSA) is 160 Å². The Hall–Kier alpha value is -4.29. The van der Waals surface area contributed by atoms with Gasteiger partial charge in [0.2, 0.25) is 0 Å². The summed E-state index contributed by atoms with van der Waals surface area (Å²) in [5.74, 6) is -1.12. The van der Waals surface area contributed by atoms with Crippen molar-refractivity contribution in [2.45, 2.75) is 83.6 Å². The molecule has 1 atom stereocenters. The second-order valence-corrected chi connectivity index (χ2v) is 12.0. The molecule has 0 spiro atoms. The molecule has 0 unspecified atom stereocenters. The monoisotopic (exact) mass is 618 g/mol. The van der Waals surface area contributed by atoms with Crippen molar-refractivity contribution in [2.24, 2.45) is 0 Å². The lowest BCUT2D eigenvalue weighted by Crippen LogP contribution is -2.46. The van der Waals surface area contributed by atoms with Crippen LogP contribution < -0.4 is 15.6 Å². The lowest BCUT2D eigenvalue weighted by Gasteiger charge is -2.31. The number of likely N-dealkylation sites (tertiary alicyclic amines) is 1. The van der Waals surface area contributed by atoms with Gasteiger partial charge in [-0.25, -0.2) is 14.6 Å². The number of nitrogens with one attached hydrogen (secondary N) is 1. The van der Waals surface area contributed by atoms with E-state index in [2.05, 4.69) is 5.32 Å². The molecule has 1 aromatic carbocycles. The molecule has 12 heteroatoms. The Bertz CT molecular complexity index is 1740. The Morgan fingerprint density at radius 2 is 1.91 bits per heavy atom. The summed E-state index contributed by atoms with van der Waals surface area (Å²) in [7, 11) is 0. The highest BCUT2D eigenvalue weighted by molar-refractivity contribution is 5.90. The molecular weight excluding hydrogens is 580 g/mol. The zero-order valence-corrected chi connectivity index (χ0v) is 25.6. The predicted octanol–water partition coefficient (Wildman–Crippen LogP) is 3.45. The van der Waals surface area contributed by atoms with Crippen LogP contribution in [0.3, 0.4) is 0 Å². The molecule has 3 N–H and O–H groups in total. The van der Waals surface area contributed by atoms with Crippen molar-refractivity contribution >= 4 is 28.9 Å². The number of pyridine rings is 2. The van der Waals surface area contributed by atoms with Gasteiger partial charge in [0.1, 0.15) is 12.4 Å². The number of aryl methyl sites for hydroxylation is 1. The summed E-state index contributed by atoms with van der Waals surface area (Å²) in [5.41, 5.74) is 2.12. The van der Waals surface area contributed by atoms with E-state index in [-0.39, 0.29) is 42.2 Å². The molecular formula is C33H38N4O8. The lowest BCUT2D eigenvalue weighted by molar-refractivity contribution is -0.172. The average molecular weight is 619 g/mol. The smallest absolute Gasteiger partial charge is 0.415 e. The molecule has 3 aliphatic rings. The van der Waals surface area contributed by atoms with Gasteiger partial charge in [0.05, 0.1) is 29.0 Å². The van der Waals surface area contributed by atoms with Gasteiger partial charge in [-0.3, -0.25) is 9.59 Å². The van der Waals surface area contributed by atoms with Gasteiger partial charge in [-0.15, -0.1) is 0 Å². The van der Waals surface area contributed by atoms with E-state index in [9.17, 15) is 24.3 Å². The first kappa shape index (κ1) is 30.7. The average Bonchev–Trinajstić information content (AvgIpc) is 3.40. The highest BCUT2D eigenvalue weighted by atomic mass is 16.6. The first-order valence-electron chi connectivity index (χ1n) is 15.7. The van der Waals surface area contributed by atoms with Gasteiger partial charge in [0, 0.05) is 42.1 Å².